The number of ether oxygens (including phenoxy) is 2. The molecule has 0 aromatic heterocycles. The van der Waals surface area contributed by atoms with Gasteiger partial charge in [0.15, 0.2) is 21.3 Å². The Balaban J connectivity index is 1.57. The van der Waals surface area contributed by atoms with Crippen molar-refractivity contribution >= 4 is 15.7 Å². The van der Waals surface area contributed by atoms with Gasteiger partial charge in [0.2, 0.25) is 6.10 Å². The molecule has 0 aliphatic carbocycles. The summed E-state index contributed by atoms with van der Waals surface area (Å²) in [7, 11) is -3.18. The Hall–Kier alpha value is -2.61. The molecule has 2 aromatic carbocycles. The number of rotatable bonds is 4. The van der Waals surface area contributed by atoms with Crippen molar-refractivity contribution in [1.29, 1.82) is 0 Å². The van der Waals surface area contributed by atoms with E-state index in [-0.39, 0.29) is 36.4 Å². The third kappa shape index (κ3) is 3.96. The van der Waals surface area contributed by atoms with Crippen LogP contribution in [-0.2, 0) is 21.2 Å². The highest BCUT2D eigenvalue weighted by Crippen LogP contribution is 2.32. The zero-order valence-corrected chi connectivity index (χ0v) is 15.9. The lowest BCUT2D eigenvalue weighted by Crippen LogP contribution is -2.50. The summed E-state index contributed by atoms with van der Waals surface area (Å²) in [5.74, 6) is 0.319. The summed E-state index contributed by atoms with van der Waals surface area (Å²) in [6, 6.07) is 12.5. The quantitative estimate of drug-likeness (QED) is 0.780. The van der Waals surface area contributed by atoms with Crippen molar-refractivity contribution in [1.82, 2.24) is 4.90 Å². The Morgan fingerprint density at radius 3 is 2.50 bits per heavy atom. The molecular formula is C20H20FNO5S. The minimum absolute atomic E-state index is 0.0508. The molecule has 0 unspecified atom stereocenters. The SMILES string of the molecule is O=C([C@H]1COc2ccccc2O1)N(Cc1ccc(F)cc1)[C@H]1CCS(=O)(=O)C1. The van der Waals surface area contributed by atoms with Crippen LogP contribution >= 0.6 is 0 Å². The molecule has 0 radical (unpaired) electrons. The number of para-hydroxylation sites is 2. The molecule has 0 saturated carbocycles. The number of benzene rings is 2. The highest BCUT2D eigenvalue weighted by molar-refractivity contribution is 7.91. The molecule has 8 heteroatoms. The highest BCUT2D eigenvalue weighted by atomic mass is 32.2. The molecule has 148 valence electrons. The lowest BCUT2D eigenvalue weighted by molar-refractivity contribution is -0.143. The van der Waals surface area contributed by atoms with Crippen molar-refractivity contribution in [2.24, 2.45) is 0 Å². The lowest BCUT2D eigenvalue weighted by Gasteiger charge is -2.34. The monoisotopic (exact) mass is 405 g/mol. The molecule has 2 atom stereocenters. The van der Waals surface area contributed by atoms with Gasteiger partial charge in [-0.25, -0.2) is 12.8 Å². The zero-order chi connectivity index (χ0) is 19.7. The van der Waals surface area contributed by atoms with Crippen LogP contribution in [0.5, 0.6) is 11.5 Å². The number of halogens is 1. The van der Waals surface area contributed by atoms with Gasteiger partial charge in [-0.1, -0.05) is 24.3 Å². The Labute approximate surface area is 162 Å². The second-order valence-electron chi connectivity index (χ2n) is 7.01. The third-order valence-corrected chi connectivity index (χ3v) is 6.73. The number of hydrogen-bond acceptors (Lipinski definition) is 5. The molecule has 2 heterocycles. The van der Waals surface area contributed by atoms with Crippen molar-refractivity contribution in [2.75, 3.05) is 18.1 Å². The molecule has 1 fully saturated rings. The number of nitrogens with zero attached hydrogens (tertiary/aromatic N) is 1. The van der Waals surface area contributed by atoms with Gasteiger partial charge in [0.25, 0.3) is 5.91 Å². The van der Waals surface area contributed by atoms with Gasteiger partial charge in [-0.2, -0.15) is 0 Å². The van der Waals surface area contributed by atoms with Gasteiger partial charge in [-0.05, 0) is 36.2 Å². The second-order valence-corrected chi connectivity index (χ2v) is 9.24. The first-order valence-corrected chi connectivity index (χ1v) is 10.9. The average molecular weight is 405 g/mol. The van der Waals surface area contributed by atoms with Gasteiger partial charge in [-0.15, -0.1) is 0 Å². The Kier molecular flexibility index (Phi) is 4.97. The molecule has 0 N–H and O–H groups in total. The van der Waals surface area contributed by atoms with E-state index < -0.39 is 22.0 Å². The highest BCUT2D eigenvalue weighted by Gasteiger charge is 2.39. The van der Waals surface area contributed by atoms with Crippen LogP contribution in [0.15, 0.2) is 48.5 Å². The fourth-order valence-corrected chi connectivity index (χ4v) is 5.25. The molecule has 28 heavy (non-hydrogen) atoms. The summed E-state index contributed by atoms with van der Waals surface area (Å²) in [4.78, 5) is 14.8. The maximum absolute atomic E-state index is 13.2. The predicted molar refractivity (Wildman–Crippen MR) is 100 cm³/mol. The molecule has 1 saturated heterocycles. The van der Waals surface area contributed by atoms with Crippen LogP contribution < -0.4 is 9.47 Å². The van der Waals surface area contributed by atoms with Crippen LogP contribution in [0.25, 0.3) is 0 Å². The first-order valence-electron chi connectivity index (χ1n) is 9.05. The minimum atomic E-state index is -3.18. The normalized spacial score (nSPS) is 22.6. The molecule has 2 aliphatic rings. The van der Waals surface area contributed by atoms with Gasteiger partial charge < -0.3 is 14.4 Å². The zero-order valence-electron chi connectivity index (χ0n) is 15.1. The maximum Gasteiger partial charge on any atom is 0.267 e. The number of hydrogen-bond donors (Lipinski definition) is 0. The standard InChI is InChI=1S/C20H20FNO5S/c21-15-7-5-14(6-8-15)11-22(16-9-10-28(24,25)13-16)20(23)19-12-26-17-3-1-2-4-18(17)27-19/h1-8,16,19H,9-13H2/t16-,19+/m0/s1. The van der Waals surface area contributed by atoms with Crippen molar-refractivity contribution in [2.45, 2.75) is 25.1 Å². The summed E-state index contributed by atoms with van der Waals surface area (Å²) in [5.41, 5.74) is 0.719. The summed E-state index contributed by atoms with van der Waals surface area (Å²) in [6.07, 6.45) is -0.488. The first kappa shape index (κ1) is 18.7. The Bertz CT molecular complexity index is 976. The second kappa shape index (κ2) is 7.43. The van der Waals surface area contributed by atoms with E-state index in [1.165, 1.54) is 17.0 Å². The molecule has 0 bridgehead atoms. The number of fused-ring (bicyclic) bond motifs is 1. The van der Waals surface area contributed by atoms with E-state index in [0.717, 1.165) is 5.56 Å². The molecule has 1 amide bonds. The summed E-state index contributed by atoms with van der Waals surface area (Å²) in [5, 5.41) is 0. The largest absolute Gasteiger partial charge is 0.485 e. The summed E-state index contributed by atoms with van der Waals surface area (Å²) >= 11 is 0. The fourth-order valence-electron chi connectivity index (χ4n) is 3.52. The van der Waals surface area contributed by atoms with Gasteiger partial charge in [0, 0.05) is 12.6 Å². The van der Waals surface area contributed by atoms with Crippen LogP contribution in [0.1, 0.15) is 12.0 Å². The van der Waals surface area contributed by atoms with Crippen LogP contribution in [-0.4, -0.2) is 49.5 Å². The summed E-state index contributed by atoms with van der Waals surface area (Å²) in [6.45, 7) is 0.232. The van der Waals surface area contributed by atoms with Gasteiger partial charge in [-0.3, -0.25) is 4.79 Å². The smallest absolute Gasteiger partial charge is 0.267 e. The van der Waals surface area contributed by atoms with Crippen molar-refractivity contribution in [3.63, 3.8) is 0 Å². The first-order chi connectivity index (χ1) is 13.4. The minimum Gasteiger partial charge on any atom is -0.485 e. The maximum atomic E-state index is 13.2. The molecule has 2 aromatic rings. The molecule has 0 spiro atoms. The van der Waals surface area contributed by atoms with Crippen molar-refractivity contribution in [3.8, 4) is 11.5 Å². The van der Waals surface area contributed by atoms with Crippen molar-refractivity contribution < 1.29 is 27.1 Å². The van der Waals surface area contributed by atoms with Gasteiger partial charge in [0.1, 0.15) is 12.4 Å². The van der Waals surface area contributed by atoms with Gasteiger partial charge in [0.05, 0.1) is 11.5 Å². The van der Waals surface area contributed by atoms with Gasteiger partial charge >= 0.3 is 0 Å². The molecular weight excluding hydrogens is 385 g/mol. The van der Waals surface area contributed by atoms with E-state index >= 15 is 0 Å². The summed E-state index contributed by atoms with van der Waals surface area (Å²) < 4.78 is 48.6. The van der Waals surface area contributed by atoms with E-state index in [0.29, 0.717) is 17.9 Å². The number of sulfone groups is 1. The topological polar surface area (TPSA) is 72.9 Å². The molecule has 2 aliphatic heterocycles. The van der Waals surface area contributed by atoms with Crippen LogP contribution in [0.3, 0.4) is 0 Å². The van der Waals surface area contributed by atoms with E-state index in [2.05, 4.69) is 0 Å². The van der Waals surface area contributed by atoms with Crippen LogP contribution in [0.2, 0.25) is 0 Å². The Morgan fingerprint density at radius 2 is 1.82 bits per heavy atom. The van der Waals surface area contributed by atoms with Crippen LogP contribution in [0.4, 0.5) is 4.39 Å². The number of carbonyl (C=O) groups excluding carboxylic acids is 1. The predicted octanol–water partition coefficient (Wildman–Crippen LogP) is 2.18. The average Bonchev–Trinajstić information content (AvgIpc) is 3.06. The third-order valence-electron chi connectivity index (χ3n) is 4.98. The lowest BCUT2D eigenvalue weighted by atomic mass is 10.1. The van der Waals surface area contributed by atoms with E-state index in [9.17, 15) is 17.6 Å². The fraction of sp³-hybridized carbons (Fsp3) is 0.350. The molecule has 6 nitrogen and oxygen atoms in total. The Morgan fingerprint density at radius 1 is 1.11 bits per heavy atom. The molecule has 4 rings (SSSR count). The van der Waals surface area contributed by atoms with E-state index in [4.69, 9.17) is 9.47 Å². The van der Waals surface area contributed by atoms with Crippen molar-refractivity contribution in [3.05, 3.63) is 59.9 Å². The number of amides is 1. The van der Waals surface area contributed by atoms with Crippen LogP contribution in [0, 0.1) is 5.82 Å². The van der Waals surface area contributed by atoms with E-state index in [1.54, 1.807) is 30.3 Å². The number of carbonyl (C=O) groups is 1. The van der Waals surface area contributed by atoms with E-state index in [1.807, 2.05) is 6.07 Å².